The van der Waals surface area contributed by atoms with Crippen molar-refractivity contribution < 1.29 is 14.8 Å². The molecule has 0 radical (unpaired) electrons. The van der Waals surface area contributed by atoms with E-state index in [4.69, 9.17) is 9.47 Å². The van der Waals surface area contributed by atoms with Crippen LogP contribution in [0, 0.1) is 0 Å². The number of benzene rings is 1. The molecular weight excluding hydrogens is 226 g/mol. The van der Waals surface area contributed by atoms with Crippen LogP contribution in [0.15, 0.2) is 18.2 Å². The van der Waals surface area contributed by atoms with Crippen molar-refractivity contribution in [2.45, 2.75) is 39.2 Å². The largest absolute Gasteiger partial charge is 0.493 e. The Morgan fingerprint density at radius 3 is 2.28 bits per heavy atom. The molecule has 3 nitrogen and oxygen atoms in total. The number of ether oxygens (including phenoxy) is 2. The summed E-state index contributed by atoms with van der Waals surface area (Å²) in [6, 6.07) is 6.91. The summed E-state index contributed by atoms with van der Waals surface area (Å²) in [7, 11) is 3.34. The molecule has 1 rings (SSSR count). The molecule has 2 N–H and O–H groups in total. The molecule has 0 aromatic heterocycles. The minimum atomic E-state index is 0.755. The van der Waals surface area contributed by atoms with Crippen LogP contribution in [-0.2, 0) is 6.42 Å². The first-order valence-electron chi connectivity index (χ1n) is 6.79. The predicted octanol–water partition coefficient (Wildman–Crippen LogP) is 2.00. The van der Waals surface area contributed by atoms with Crippen LogP contribution in [0.25, 0.3) is 0 Å². The van der Waals surface area contributed by atoms with E-state index < -0.39 is 0 Å². The zero-order valence-electron chi connectivity index (χ0n) is 12.0. The smallest absolute Gasteiger partial charge is 0.160 e. The van der Waals surface area contributed by atoms with Crippen molar-refractivity contribution in [3.05, 3.63) is 23.8 Å². The molecule has 0 saturated carbocycles. The quantitative estimate of drug-likeness (QED) is 0.768. The number of methoxy groups -OCH3 is 2. The lowest BCUT2D eigenvalue weighted by Crippen LogP contribution is -2.90. The van der Waals surface area contributed by atoms with Crippen molar-refractivity contribution in [2.24, 2.45) is 0 Å². The lowest BCUT2D eigenvalue weighted by molar-refractivity contribution is -0.689. The van der Waals surface area contributed by atoms with Crippen molar-refractivity contribution in [3.63, 3.8) is 0 Å². The van der Waals surface area contributed by atoms with Gasteiger partial charge in [0, 0.05) is 6.42 Å². The van der Waals surface area contributed by atoms with Gasteiger partial charge >= 0.3 is 0 Å². The molecule has 0 amide bonds. The van der Waals surface area contributed by atoms with Crippen molar-refractivity contribution in [1.29, 1.82) is 0 Å². The molecule has 0 spiro atoms. The highest BCUT2D eigenvalue weighted by Gasteiger charge is 2.07. The van der Waals surface area contributed by atoms with E-state index in [1.807, 2.05) is 6.07 Å². The van der Waals surface area contributed by atoms with Gasteiger partial charge in [0.2, 0.25) is 0 Å². The predicted molar refractivity (Wildman–Crippen MR) is 74.4 cm³/mol. The molecule has 0 unspecified atom stereocenters. The van der Waals surface area contributed by atoms with Crippen LogP contribution < -0.4 is 14.8 Å². The third-order valence-electron chi connectivity index (χ3n) is 3.43. The summed E-state index contributed by atoms with van der Waals surface area (Å²) in [5.74, 6) is 1.61. The third-order valence-corrected chi connectivity index (χ3v) is 3.43. The van der Waals surface area contributed by atoms with E-state index in [-0.39, 0.29) is 0 Å². The first kappa shape index (κ1) is 14.8. The normalized spacial score (nSPS) is 10.7. The molecule has 1 aromatic carbocycles. The summed E-state index contributed by atoms with van der Waals surface area (Å²) in [5, 5.41) is 2.44. The SMILES string of the molecule is CCC(CC)[NH2+]CCc1ccc(OC)c(OC)c1. The van der Waals surface area contributed by atoms with Crippen molar-refractivity contribution >= 4 is 0 Å². The second kappa shape index (κ2) is 7.98. The molecule has 0 bridgehead atoms. The van der Waals surface area contributed by atoms with Gasteiger partial charge in [0.15, 0.2) is 11.5 Å². The summed E-state index contributed by atoms with van der Waals surface area (Å²) in [4.78, 5) is 0. The van der Waals surface area contributed by atoms with Crippen LogP contribution in [0.3, 0.4) is 0 Å². The van der Waals surface area contributed by atoms with Gasteiger partial charge in [-0.05, 0) is 30.5 Å². The van der Waals surface area contributed by atoms with E-state index in [2.05, 4.69) is 31.3 Å². The van der Waals surface area contributed by atoms with Crippen molar-refractivity contribution in [3.8, 4) is 11.5 Å². The van der Waals surface area contributed by atoms with Gasteiger partial charge in [0.05, 0.1) is 26.8 Å². The fraction of sp³-hybridized carbons (Fsp3) is 0.600. The fourth-order valence-electron chi connectivity index (χ4n) is 2.14. The molecule has 102 valence electrons. The zero-order valence-corrected chi connectivity index (χ0v) is 12.0. The Kier molecular flexibility index (Phi) is 6.58. The molecule has 0 aliphatic carbocycles. The van der Waals surface area contributed by atoms with E-state index in [9.17, 15) is 0 Å². The van der Waals surface area contributed by atoms with Gasteiger partial charge in [-0.15, -0.1) is 0 Å². The average molecular weight is 252 g/mol. The maximum Gasteiger partial charge on any atom is 0.160 e. The third kappa shape index (κ3) is 4.22. The lowest BCUT2D eigenvalue weighted by Gasteiger charge is -2.12. The standard InChI is InChI=1S/C15H25NO2/c1-5-13(6-2)16-10-9-12-7-8-14(17-3)15(11-12)18-4/h7-8,11,13,16H,5-6,9-10H2,1-4H3/p+1. The maximum atomic E-state index is 5.31. The van der Waals surface area contributed by atoms with Crippen molar-refractivity contribution in [1.82, 2.24) is 0 Å². The molecule has 0 heterocycles. The van der Waals surface area contributed by atoms with Crippen LogP contribution in [0.2, 0.25) is 0 Å². The number of hydrogen-bond donors (Lipinski definition) is 1. The molecule has 18 heavy (non-hydrogen) atoms. The Balaban J connectivity index is 2.52. The Morgan fingerprint density at radius 2 is 1.72 bits per heavy atom. The summed E-state index contributed by atoms with van der Waals surface area (Å²) >= 11 is 0. The molecule has 1 aromatic rings. The number of quaternary nitrogens is 1. The van der Waals surface area contributed by atoms with Crippen LogP contribution in [0.4, 0.5) is 0 Å². The highest BCUT2D eigenvalue weighted by Crippen LogP contribution is 2.27. The average Bonchev–Trinajstić information content (AvgIpc) is 2.43. The van der Waals surface area contributed by atoms with Crippen molar-refractivity contribution in [2.75, 3.05) is 20.8 Å². The van der Waals surface area contributed by atoms with Gasteiger partial charge in [0.1, 0.15) is 0 Å². The number of nitrogens with two attached hydrogens (primary N) is 1. The van der Waals surface area contributed by atoms with Gasteiger partial charge in [-0.2, -0.15) is 0 Å². The van der Waals surface area contributed by atoms with E-state index in [1.165, 1.54) is 18.4 Å². The zero-order chi connectivity index (χ0) is 13.4. The van der Waals surface area contributed by atoms with Gasteiger partial charge in [-0.25, -0.2) is 0 Å². The Hall–Kier alpha value is -1.22. The van der Waals surface area contributed by atoms with E-state index in [1.54, 1.807) is 14.2 Å². The molecule has 0 aliphatic heterocycles. The second-order valence-electron chi connectivity index (χ2n) is 4.54. The highest BCUT2D eigenvalue weighted by atomic mass is 16.5. The summed E-state index contributed by atoms with van der Waals surface area (Å²) < 4.78 is 10.5. The first-order valence-corrected chi connectivity index (χ1v) is 6.79. The van der Waals surface area contributed by atoms with Crippen LogP contribution >= 0.6 is 0 Å². The lowest BCUT2D eigenvalue weighted by atomic mass is 10.1. The molecule has 0 atom stereocenters. The van der Waals surface area contributed by atoms with Gasteiger partial charge in [-0.1, -0.05) is 19.9 Å². The Bertz CT molecular complexity index is 348. The molecule has 0 saturated heterocycles. The minimum absolute atomic E-state index is 0.755. The molecular formula is C15H26NO2+. The minimum Gasteiger partial charge on any atom is -0.493 e. The van der Waals surface area contributed by atoms with Gasteiger partial charge in [-0.3, -0.25) is 0 Å². The summed E-state index contributed by atoms with van der Waals surface area (Å²) in [6.45, 7) is 5.63. The Labute approximate surface area is 110 Å². The monoisotopic (exact) mass is 252 g/mol. The van der Waals surface area contributed by atoms with Crippen LogP contribution in [-0.4, -0.2) is 26.8 Å². The van der Waals surface area contributed by atoms with Crippen LogP contribution in [0.1, 0.15) is 32.3 Å². The van der Waals surface area contributed by atoms with Crippen LogP contribution in [0.5, 0.6) is 11.5 Å². The summed E-state index contributed by atoms with van der Waals surface area (Å²) in [5.41, 5.74) is 1.30. The fourth-order valence-corrected chi connectivity index (χ4v) is 2.14. The summed E-state index contributed by atoms with van der Waals surface area (Å²) in [6.07, 6.45) is 3.54. The number of rotatable bonds is 8. The van der Waals surface area contributed by atoms with E-state index in [0.717, 1.165) is 30.5 Å². The first-order chi connectivity index (χ1) is 8.74. The van der Waals surface area contributed by atoms with E-state index in [0.29, 0.717) is 0 Å². The molecule has 0 fully saturated rings. The second-order valence-corrected chi connectivity index (χ2v) is 4.54. The van der Waals surface area contributed by atoms with E-state index >= 15 is 0 Å². The topological polar surface area (TPSA) is 35.1 Å². The van der Waals surface area contributed by atoms with Gasteiger partial charge in [0.25, 0.3) is 0 Å². The van der Waals surface area contributed by atoms with Gasteiger partial charge < -0.3 is 14.8 Å². The maximum absolute atomic E-state index is 5.31. The highest BCUT2D eigenvalue weighted by molar-refractivity contribution is 5.42. The number of hydrogen-bond acceptors (Lipinski definition) is 2. The molecule has 3 heteroatoms. The Morgan fingerprint density at radius 1 is 1.06 bits per heavy atom. The molecule has 0 aliphatic rings.